The van der Waals surface area contributed by atoms with Crippen LogP contribution in [0.1, 0.15) is 39.1 Å². The average Bonchev–Trinajstić information content (AvgIpc) is 2.89. The fraction of sp³-hybridized carbons (Fsp3) is 0.250. The van der Waals surface area contributed by atoms with E-state index in [2.05, 4.69) is 0 Å². The van der Waals surface area contributed by atoms with Crippen molar-refractivity contribution >= 4 is 17.8 Å². The van der Waals surface area contributed by atoms with Gasteiger partial charge in [-0.05, 0) is 30.5 Å². The van der Waals surface area contributed by atoms with Crippen LogP contribution in [0.4, 0.5) is 0 Å². The molecule has 2 aromatic rings. The van der Waals surface area contributed by atoms with Gasteiger partial charge in [0.25, 0.3) is 11.8 Å². The monoisotopic (exact) mass is 337 g/mol. The van der Waals surface area contributed by atoms with Gasteiger partial charge in [0.15, 0.2) is 0 Å². The molecule has 25 heavy (non-hydrogen) atoms. The van der Waals surface area contributed by atoms with Crippen LogP contribution in [0.15, 0.2) is 54.6 Å². The van der Waals surface area contributed by atoms with E-state index in [4.69, 9.17) is 4.74 Å². The Morgan fingerprint density at radius 1 is 0.880 bits per heavy atom. The topological polar surface area (TPSA) is 63.7 Å². The standard InChI is InChI=1S/C20H19NO4/c22-18(25-14-6-9-15-7-2-1-3-8-15)12-13-21-19(23)16-10-4-5-11-17(16)20(21)24/h1-5,7-8,10-11H,6,9,12-14H2. The first-order valence-electron chi connectivity index (χ1n) is 8.31. The molecule has 0 bridgehead atoms. The van der Waals surface area contributed by atoms with E-state index in [0.717, 1.165) is 17.7 Å². The van der Waals surface area contributed by atoms with Crippen LogP contribution >= 0.6 is 0 Å². The minimum absolute atomic E-state index is 0.0107. The van der Waals surface area contributed by atoms with E-state index in [-0.39, 0.29) is 24.8 Å². The van der Waals surface area contributed by atoms with Gasteiger partial charge in [-0.3, -0.25) is 19.3 Å². The number of ether oxygens (including phenoxy) is 1. The molecule has 128 valence electrons. The first-order valence-corrected chi connectivity index (χ1v) is 8.31. The molecule has 5 nitrogen and oxygen atoms in total. The van der Waals surface area contributed by atoms with Crippen LogP contribution in [-0.4, -0.2) is 35.8 Å². The number of hydrogen-bond acceptors (Lipinski definition) is 4. The second kappa shape index (κ2) is 7.75. The maximum Gasteiger partial charge on any atom is 0.307 e. The molecule has 0 aromatic heterocycles. The number of rotatable bonds is 7. The summed E-state index contributed by atoms with van der Waals surface area (Å²) in [5, 5.41) is 0. The third-order valence-electron chi connectivity index (χ3n) is 4.13. The van der Waals surface area contributed by atoms with Crippen LogP contribution in [-0.2, 0) is 16.0 Å². The average molecular weight is 337 g/mol. The molecule has 0 unspecified atom stereocenters. The molecular weight excluding hydrogens is 318 g/mol. The highest BCUT2D eigenvalue weighted by atomic mass is 16.5. The first-order chi connectivity index (χ1) is 12.2. The van der Waals surface area contributed by atoms with Crippen LogP contribution < -0.4 is 0 Å². The van der Waals surface area contributed by atoms with E-state index in [1.165, 1.54) is 5.56 Å². The largest absolute Gasteiger partial charge is 0.466 e. The van der Waals surface area contributed by atoms with Crippen LogP contribution in [0.3, 0.4) is 0 Å². The Morgan fingerprint density at radius 3 is 2.12 bits per heavy atom. The lowest BCUT2D eigenvalue weighted by Gasteiger charge is -2.13. The van der Waals surface area contributed by atoms with Crippen molar-refractivity contribution in [1.82, 2.24) is 4.90 Å². The Bertz CT molecular complexity index is 750. The van der Waals surface area contributed by atoms with Crippen molar-refractivity contribution in [1.29, 1.82) is 0 Å². The summed E-state index contributed by atoms with van der Waals surface area (Å²) in [6.45, 7) is 0.375. The second-order valence-corrected chi connectivity index (χ2v) is 5.87. The number of aryl methyl sites for hydroxylation is 1. The van der Waals surface area contributed by atoms with Crippen molar-refractivity contribution in [2.75, 3.05) is 13.2 Å². The molecule has 3 rings (SSSR count). The van der Waals surface area contributed by atoms with Crippen molar-refractivity contribution in [2.45, 2.75) is 19.3 Å². The normalized spacial score (nSPS) is 13.0. The Kier molecular flexibility index (Phi) is 5.23. The minimum atomic E-state index is -0.399. The van der Waals surface area contributed by atoms with Gasteiger partial charge in [-0.1, -0.05) is 42.5 Å². The summed E-state index contributed by atoms with van der Waals surface area (Å²) >= 11 is 0. The van der Waals surface area contributed by atoms with E-state index >= 15 is 0 Å². The predicted octanol–water partition coefficient (Wildman–Crippen LogP) is 2.85. The molecule has 2 amide bonds. The highest BCUT2D eigenvalue weighted by molar-refractivity contribution is 6.21. The van der Waals surface area contributed by atoms with Crippen molar-refractivity contribution in [3.8, 4) is 0 Å². The lowest BCUT2D eigenvalue weighted by Crippen LogP contribution is -2.32. The number of esters is 1. The lowest BCUT2D eigenvalue weighted by molar-refractivity contribution is -0.143. The van der Waals surface area contributed by atoms with Crippen molar-refractivity contribution in [3.63, 3.8) is 0 Å². The summed E-state index contributed by atoms with van der Waals surface area (Å²) in [5.74, 6) is -1.10. The number of fused-ring (bicyclic) bond motifs is 1. The molecule has 0 atom stereocenters. The molecule has 1 aliphatic rings. The van der Waals surface area contributed by atoms with E-state index in [9.17, 15) is 14.4 Å². The molecular formula is C20H19NO4. The van der Waals surface area contributed by atoms with Gasteiger partial charge in [0.05, 0.1) is 24.2 Å². The summed E-state index contributed by atoms with van der Waals surface area (Å²) < 4.78 is 5.18. The summed E-state index contributed by atoms with van der Waals surface area (Å²) in [4.78, 5) is 37.3. The zero-order valence-corrected chi connectivity index (χ0v) is 13.8. The van der Waals surface area contributed by atoms with Crippen LogP contribution in [0.2, 0.25) is 0 Å². The fourth-order valence-corrected chi connectivity index (χ4v) is 2.82. The fourth-order valence-electron chi connectivity index (χ4n) is 2.82. The smallest absolute Gasteiger partial charge is 0.307 e. The number of imide groups is 1. The molecule has 0 N–H and O–H groups in total. The van der Waals surface area contributed by atoms with Gasteiger partial charge in [0, 0.05) is 6.54 Å². The number of carbonyl (C=O) groups excluding carboxylic acids is 3. The third-order valence-corrected chi connectivity index (χ3v) is 4.13. The maximum absolute atomic E-state index is 12.2. The maximum atomic E-state index is 12.2. The molecule has 1 heterocycles. The van der Waals surface area contributed by atoms with Gasteiger partial charge in [0.2, 0.25) is 0 Å². The molecule has 2 aromatic carbocycles. The Hall–Kier alpha value is -2.95. The van der Waals surface area contributed by atoms with Crippen molar-refractivity contribution in [3.05, 3.63) is 71.3 Å². The molecule has 0 fully saturated rings. The van der Waals surface area contributed by atoms with Gasteiger partial charge in [-0.2, -0.15) is 0 Å². The number of hydrogen-bond donors (Lipinski definition) is 0. The molecule has 0 saturated carbocycles. The zero-order chi connectivity index (χ0) is 17.6. The summed E-state index contributed by atoms with van der Waals surface area (Å²) in [5.41, 5.74) is 1.98. The molecule has 0 saturated heterocycles. The summed E-state index contributed by atoms with van der Waals surface area (Å²) in [6, 6.07) is 16.7. The summed E-state index contributed by atoms with van der Waals surface area (Å²) in [6.07, 6.45) is 1.59. The predicted molar refractivity (Wildman–Crippen MR) is 92.1 cm³/mol. The van der Waals surface area contributed by atoms with Gasteiger partial charge in [0.1, 0.15) is 0 Å². The molecule has 0 spiro atoms. The lowest BCUT2D eigenvalue weighted by atomic mass is 10.1. The minimum Gasteiger partial charge on any atom is -0.466 e. The molecule has 0 radical (unpaired) electrons. The van der Waals surface area contributed by atoms with Crippen molar-refractivity contribution in [2.24, 2.45) is 0 Å². The Labute approximate surface area is 146 Å². The summed E-state index contributed by atoms with van der Waals surface area (Å²) in [7, 11) is 0. The van der Waals surface area contributed by atoms with E-state index in [1.54, 1.807) is 24.3 Å². The molecule has 1 aliphatic heterocycles. The van der Waals surface area contributed by atoms with Gasteiger partial charge < -0.3 is 4.74 Å². The van der Waals surface area contributed by atoms with Crippen LogP contribution in [0.25, 0.3) is 0 Å². The highest BCUT2D eigenvalue weighted by Gasteiger charge is 2.35. The van der Waals surface area contributed by atoms with Gasteiger partial charge in [-0.25, -0.2) is 0 Å². The number of benzene rings is 2. The zero-order valence-electron chi connectivity index (χ0n) is 13.8. The number of amides is 2. The van der Waals surface area contributed by atoms with Crippen LogP contribution in [0.5, 0.6) is 0 Å². The van der Waals surface area contributed by atoms with E-state index in [1.807, 2.05) is 30.3 Å². The van der Waals surface area contributed by atoms with Gasteiger partial charge >= 0.3 is 5.97 Å². The number of carbonyl (C=O) groups is 3. The highest BCUT2D eigenvalue weighted by Crippen LogP contribution is 2.22. The quantitative estimate of drug-likeness (QED) is 0.443. The molecule has 0 aliphatic carbocycles. The van der Waals surface area contributed by atoms with Crippen LogP contribution in [0, 0.1) is 0 Å². The Morgan fingerprint density at radius 2 is 1.48 bits per heavy atom. The molecule has 5 heteroatoms. The second-order valence-electron chi connectivity index (χ2n) is 5.87. The number of nitrogens with zero attached hydrogens (tertiary/aromatic N) is 1. The van der Waals surface area contributed by atoms with Crippen molar-refractivity contribution < 1.29 is 19.1 Å². The van der Waals surface area contributed by atoms with E-state index in [0.29, 0.717) is 17.7 Å². The SMILES string of the molecule is O=C(CCN1C(=O)c2ccccc2C1=O)OCCCc1ccccc1. The Balaban J connectivity index is 1.41. The third kappa shape index (κ3) is 3.94. The first kappa shape index (κ1) is 16.9. The van der Waals surface area contributed by atoms with Gasteiger partial charge in [-0.15, -0.1) is 0 Å². The van der Waals surface area contributed by atoms with E-state index < -0.39 is 5.97 Å².